The van der Waals surface area contributed by atoms with Crippen molar-refractivity contribution in [1.82, 2.24) is 5.32 Å². The van der Waals surface area contributed by atoms with E-state index < -0.39 is 12.6 Å². The summed E-state index contributed by atoms with van der Waals surface area (Å²) < 4.78 is 33.1. The van der Waals surface area contributed by atoms with Gasteiger partial charge in [0.25, 0.3) is 5.91 Å². The summed E-state index contributed by atoms with van der Waals surface area (Å²) in [6.07, 6.45) is 0. The van der Waals surface area contributed by atoms with Crippen LogP contribution < -0.4 is 10.1 Å². The first-order chi connectivity index (χ1) is 11.4. The highest BCUT2D eigenvalue weighted by Crippen LogP contribution is 2.21. The molecule has 1 atom stereocenters. The number of carbonyl (C=O) groups excluding carboxylic acids is 2. The van der Waals surface area contributed by atoms with E-state index in [0.717, 1.165) is 16.9 Å². The molecule has 0 bridgehead atoms. The van der Waals surface area contributed by atoms with Crippen LogP contribution in [0.3, 0.4) is 0 Å². The molecule has 1 N–H and O–H groups in total. The minimum absolute atomic E-state index is 0.0493. The first-order valence-corrected chi connectivity index (χ1v) is 7.76. The molecule has 5 nitrogen and oxygen atoms in total. The van der Waals surface area contributed by atoms with Crippen LogP contribution in [0.25, 0.3) is 0 Å². The van der Waals surface area contributed by atoms with E-state index in [2.05, 4.69) is 14.8 Å². The van der Waals surface area contributed by atoms with Crippen molar-refractivity contribution in [2.75, 3.05) is 7.11 Å². The second kappa shape index (κ2) is 7.87. The number of rotatable bonds is 6. The molecule has 0 saturated carbocycles. The minimum atomic E-state index is -2.88. The summed E-state index contributed by atoms with van der Waals surface area (Å²) >= 11 is 1.03. The van der Waals surface area contributed by atoms with Crippen LogP contribution in [-0.4, -0.2) is 25.6 Å². The number of benzene rings is 1. The number of ether oxygens (including phenoxy) is 2. The van der Waals surface area contributed by atoms with Gasteiger partial charge in [0.05, 0.1) is 18.0 Å². The SMILES string of the molecule is COC(=O)c1ccc(C(=O)NC(C)c2ccc(OC(F)F)cc2)s1. The molecule has 1 aromatic heterocycles. The van der Waals surface area contributed by atoms with Crippen LogP contribution in [0.15, 0.2) is 36.4 Å². The Morgan fingerprint density at radius 1 is 1.08 bits per heavy atom. The highest BCUT2D eigenvalue weighted by atomic mass is 32.1. The smallest absolute Gasteiger partial charge is 0.387 e. The van der Waals surface area contributed by atoms with Crippen LogP contribution in [0, 0.1) is 0 Å². The van der Waals surface area contributed by atoms with E-state index in [1.54, 1.807) is 25.1 Å². The van der Waals surface area contributed by atoms with Crippen molar-refractivity contribution in [3.05, 3.63) is 51.7 Å². The molecule has 8 heteroatoms. The normalized spacial score (nSPS) is 11.9. The Morgan fingerprint density at radius 2 is 1.71 bits per heavy atom. The lowest BCUT2D eigenvalue weighted by Gasteiger charge is -2.14. The lowest BCUT2D eigenvalue weighted by Crippen LogP contribution is -2.25. The Labute approximate surface area is 141 Å². The first-order valence-electron chi connectivity index (χ1n) is 6.94. The molecule has 0 fully saturated rings. The van der Waals surface area contributed by atoms with Gasteiger partial charge >= 0.3 is 12.6 Å². The number of hydrogen-bond donors (Lipinski definition) is 1. The average molecular weight is 355 g/mol. The molecule has 1 heterocycles. The Hall–Kier alpha value is -2.48. The fourth-order valence-corrected chi connectivity index (χ4v) is 2.79. The lowest BCUT2D eigenvalue weighted by molar-refractivity contribution is -0.0498. The zero-order valence-corrected chi connectivity index (χ0v) is 13.7. The van der Waals surface area contributed by atoms with Gasteiger partial charge in [-0.2, -0.15) is 8.78 Å². The fourth-order valence-electron chi connectivity index (χ4n) is 1.96. The number of methoxy groups -OCH3 is 1. The van der Waals surface area contributed by atoms with Gasteiger partial charge in [-0.15, -0.1) is 11.3 Å². The molecule has 0 spiro atoms. The molecule has 2 rings (SSSR count). The molecule has 1 amide bonds. The standard InChI is InChI=1S/C16H15F2NO4S/c1-9(10-3-5-11(6-4-10)23-16(17)18)19-14(20)12-7-8-13(24-12)15(21)22-2/h3-9,16H,1-2H3,(H,19,20). The third kappa shape index (κ3) is 4.51. The Balaban J connectivity index is 2.00. The van der Waals surface area contributed by atoms with E-state index in [1.165, 1.54) is 25.3 Å². The number of halogens is 2. The van der Waals surface area contributed by atoms with Gasteiger partial charge in [0.1, 0.15) is 10.6 Å². The second-order valence-corrected chi connectivity index (χ2v) is 5.88. The van der Waals surface area contributed by atoms with Gasteiger partial charge in [-0.25, -0.2) is 4.79 Å². The predicted molar refractivity (Wildman–Crippen MR) is 84.6 cm³/mol. The summed E-state index contributed by atoms with van der Waals surface area (Å²) in [7, 11) is 1.27. The van der Waals surface area contributed by atoms with Crippen molar-refractivity contribution in [3.63, 3.8) is 0 Å². The van der Waals surface area contributed by atoms with Crippen molar-refractivity contribution >= 4 is 23.2 Å². The molecule has 0 aliphatic heterocycles. The van der Waals surface area contributed by atoms with Gasteiger partial charge in [0.15, 0.2) is 0 Å². The monoisotopic (exact) mass is 355 g/mol. The minimum Gasteiger partial charge on any atom is -0.465 e. The number of thiophene rings is 1. The van der Waals surface area contributed by atoms with Crippen LogP contribution in [0.1, 0.15) is 37.9 Å². The Kier molecular flexibility index (Phi) is 5.86. The summed E-state index contributed by atoms with van der Waals surface area (Å²) in [6, 6.07) is 8.72. The lowest BCUT2D eigenvalue weighted by atomic mass is 10.1. The highest BCUT2D eigenvalue weighted by Gasteiger charge is 2.16. The molecule has 1 unspecified atom stereocenters. The van der Waals surface area contributed by atoms with Crippen molar-refractivity contribution in [3.8, 4) is 5.75 Å². The number of alkyl halides is 2. The van der Waals surface area contributed by atoms with Crippen LogP contribution in [0.5, 0.6) is 5.75 Å². The van der Waals surface area contributed by atoms with Crippen molar-refractivity contribution in [2.24, 2.45) is 0 Å². The van der Waals surface area contributed by atoms with Gasteiger partial charge in [-0.1, -0.05) is 12.1 Å². The summed E-state index contributed by atoms with van der Waals surface area (Å²) in [5.41, 5.74) is 0.731. The zero-order chi connectivity index (χ0) is 17.7. The van der Waals surface area contributed by atoms with E-state index in [4.69, 9.17) is 0 Å². The largest absolute Gasteiger partial charge is 0.465 e. The molecule has 0 saturated heterocycles. The van der Waals surface area contributed by atoms with Crippen LogP contribution in [0.2, 0.25) is 0 Å². The molecule has 0 aliphatic carbocycles. The third-order valence-corrected chi connectivity index (χ3v) is 4.23. The van der Waals surface area contributed by atoms with E-state index in [9.17, 15) is 18.4 Å². The zero-order valence-electron chi connectivity index (χ0n) is 12.9. The van der Waals surface area contributed by atoms with Crippen molar-refractivity contribution in [2.45, 2.75) is 19.6 Å². The first kappa shape index (κ1) is 17.9. The van der Waals surface area contributed by atoms with E-state index in [-0.39, 0.29) is 17.7 Å². The van der Waals surface area contributed by atoms with E-state index >= 15 is 0 Å². The van der Waals surface area contributed by atoms with Gasteiger partial charge in [-0.05, 0) is 36.8 Å². The van der Waals surface area contributed by atoms with Gasteiger partial charge in [0, 0.05) is 0 Å². The second-order valence-electron chi connectivity index (χ2n) is 4.80. The molecule has 128 valence electrons. The van der Waals surface area contributed by atoms with E-state index in [1.807, 2.05) is 0 Å². The molecule has 2 aromatic rings. The maximum absolute atomic E-state index is 12.2. The topological polar surface area (TPSA) is 64.6 Å². The van der Waals surface area contributed by atoms with Gasteiger partial charge < -0.3 is 14.8 Å². The maximum atomic E-state index is 12.2. The summed E-state index contributed by atoms with van der Waals surface area (Å²) in [5.74, 6) is -0.787. The summed E-state index contributed by atoms with van der Waals surface area (Å²) in [5, 5.41) is 2.77. The summed E-state index contributed by atoms with van der Waals surface area (Å²) in [6.45, 7) is -1.12. The number of carbonyl (C=O) groups is 2. The number of esters is 1. The van der Waals surface area contributed by atoms with Crippen LogP contribution in [-0.2, 0) is 4.74 Å². The van der Waals surface area contributed by atoms with Gasteiger partial charge in [0.2, 0.25) is 0 Å². The predicted octanol–water partition coefficient (Wildman–Crippen LogP) is 3.63. The highest BCUT2D eigenvalue weighted by molar-refractivity contribution is 7.15. The van der Waals surface area contributed by atoms with Crippen molar-refractivity contribution in [1.29, 1.82) is 0 Å². The molecular weight excluding hydrogens is 340 g/mol. The number of amides is 1. The fraction of sp³-hybridized carbons (Fsp3) is 0.250. The quantitative estimate of drug-likeness (QED) is 0.804. The Morgan fingerprint density at radius 3 is 2.29 bits per heavy atom. The molecule has 1 aromatic carbocycles. The molecule has 24 heavy (non-hydrogen) atoms. The van der Waals surface area contributed by atoms with Crippen LogP contribution >= 0.6 is 11.3 Å². The van der Waals surface area contributed by atoms with Crippen LogP contribution in [0.4, 0.5) is 8.78 Å². The van der Waals surface area contributed by atoms with Crippen molar-refractivity contribution < 1.29 is 27.8 Å². The molecule has 0 aliphatic rings. The molecular formula is C16H15F2NO4S. The third-order valence-electron chi connectivity index (χ3n) is 3.17. The average Bonchev–Trinajstić information content (AvgIpc) is 3.04. The molecule has 0 radical (unpaired) electrons. The maximum Gasteiger partial charge on any atom is 0.387 e. The number of hydrogen-bond acceptors (Lipinski definition) is 5. The Bertz CT molecular complexity index is 715. The summed E-state index contributed by atoms with van der Waals surface area (Å²) in [4.78, 5) is 24.3. The number of nitrogens with one attached hydrogen (secondary N) is 1. The van der Waals surface area contributed by atoms with Gasteiger partial charge in [-0.3, -0.25) is 4.79 Å². The van der Waals surface area contributed by atoms with E-state index in [0.29, 0.717) is 9.75 Å².